The Morgan fingerprint density at radius 2 is 2.17 bits per heavy atom. The van der Waals surface area contributed by atoms with E-state index in [4.69, 9.17) is 5.11 Å². The molecule has 4 nitrogen and oxygen atoms in total. The molecule has 1 fully saturated rings. The third-order valence-electron chi connectivity index (χ3n) is 1.94. The number of carbonyl (C=O) groups is 1. The fraction of sp³-hybridized carbons (Fsp3) is 0.875. The molecule has 1 aliphatic rings. The van der Waals surface area contributed by atoms with Crippen molar-refractivity contribution in [1.82, 2.24) is 10.2 Å². The van der Waals surface area contributed by atoms with E-state index in [9.17, 15) is 4.79 Å². The van der Waals surface area contributed by atoms with Crippen LogP contribution in [0.5, 0.6) is 0 Å². The lowest BCUT2D eigenvalue weighted by molar-refractivity contribution is 0.176. The number of nitrogens with zero attached hydrogens (tertiary/aromatic N) is 1. The van der Waals surface area contributed by atoms with Crippen LogP contribution in [0, 0.1) is 0 Å². The van der Waals surface area contributed by atoms with Gasteiger partial charge in [0.05, 0.1) is 6.10 Å². The Morgan fingerprint density at radius 3 is 2.67 bits per heavy atom. The average Bonchev–Trinajstić information content (AvgIpc) is 2.51. The van der Waals surface area contributed by atoms with Crippen LogP contribution in [0.3, 0.4) is 0 Å². The third-order valence-corrected chi connectivity index (χ3v) is 1.94. The van der Waals surface area contributed by atoms with Crippen molar-refractivity contribution in [3.63, 3.8) is 0 Å². The van der Waals surface area contributed by atoms with Crippen LogP contribution in [0.15, 0.2) is 0 Å². The van der Waals surface area contributed by atoms with Gasteiger partial charge in [0, 0.05) is 19.6 Å². The number of likely N-dealkylation sites (tertiary alicyclic amines) is 1. The zero-order valence-electron chi connectivity index (χ0n) is 7.42. The molecule has 0 saturated carbocycles. The Kier molecular flexibility index (Phi) is 3.34. The van der Waals surface area contributed by atoms with Crippen molar-refractivity contribution >= 4 is 6.03 Å². The fourth-order valence-corrected chi connectivity index (χ4v) is 1.27. The SMILES string of the molecule is C[C@@H](O)CNC(=O)N1CCCC1. The van der Waals surface area contributed by atoms with Crippen LogP contribution in [0.1, 0.15) is 19.8 Å². The summed E-state index contributed by atoms with van der Waals surface area (Å²) in [6, 6.07) is -0.0478. The van der Waals surface area contributed by atoms with Gasteiger partial charge in [0.25, 0.3) is 0 Å². The maximum absolute atomic E-state index is 11.3. The Morgan fingerprint density at radius 1 is 1.58 bits per heavy atom. The van der Waals surface area contributed by atoms with Gasteiger partial charge in [-0.2, -0.15) is 0 Å². The van der Waals surface area contributed by atoms with Gasteiger partial charge in [0.15, 0.2) is 0 Å². The van der Waals surface area contributed by atoms with Gasteiger partial charge in [-0.3, -0.25) is 0 Å². The Hall–Kier alpha value is -0.770. The summed E-state index contributed by atoms with van der Waals surface area (Å²) in [6.07, 6.45) is 1.74. The molecule has 0 aliphatic carbocycles. The molecule has 0 aromatic rings. The summed E-state index contributed by atoms with van der Waals surface area (Å²) in [5, 5.41) is 11.6. The van der Waals surface area contributed by atoms with Gasteiger partial charge in [-0.1, -0.05) is 0 Å². The van der Waals surface area contributed by atoms with Crippen LogP contribution in [-0.4, -0.2) is 41.8 Å². The maximum atomic E-state index is 11.3. The number of hydrogen-bond acceptors (Lipinski definition) is 2. The molecular formula is C8H16N2O2. The van der Waals surface area contributed by atoms with E-state index < -0.39 is 6.10 Å². The highest BCUT2D eigenvalue weighted by molar-refractivity contribution is 5.74. The van der Waals surface area contributed by atoms with E-state index in [-0.39, 0.29) is 6.03 Å². The monoisotopic (exact) mass is 172 g/mol. The third kappa shape index (κ3) is 2.70. The second-order valence-corrected chi connectivity index (χ2v) is 3.23. The zero-order chi connectivity index (χ0) is 8.97. The number of hydrogen-bond donors (Lipinski definition) is 2. The van der Waals surface area contributed by atoms with Gasteiger partial charge in [0.2, 0.25) is 0 Å². The molecule has 0 spiro atoms. The van der Waals surface area contributed by atoms with Crippen molar-refractivity contribution in [3.8, 4) is 0 Å². The topological polar surface area (TPSA) is 52.6 Å². The van der Waals surface area contributed by atoms with Crippen LogP contribution in [0.2, 0.25) is 0 Å². The number of amides is 2. The molecule has 2 amide bonds. The minimum absolute atomic E-state index is 0.0478. The van der Waals surface area contributed by atoms with Crippen molar-refractivity contribution in [3.05, 3.63) is 0 Å². The molecule has 0 radical (unpaired) electrons. The van der Waals surface area contributed by atoms with Crippen molar-refractivity contribution in [2.24, 2.45) is 0 Å². The van der Waals surface area contributed by atoms with Gasteiger partial charge in [-0.05, 0) is 19.8 Å². The second-order valence-electron chi connectivity index (χ2n) is 3.23. The molecule has 1 atom stereocenters. The van der Waals surface area contributed by atoms with E-state index in [0.717, 1.165) is 25.9 Å². The average molecular weight is 172 g/mol. The molecule has 1 rings (SSSR count). The van der Waals surface area contributed by atoms with E-state index in [1.807, 2.05) is 0 Å². The number of urea groups is 1. The van der Waals surface area contributed by atoms with Crippen LogP contribution in [0.25, 0.3) is 0 Å². The molecule has 2 N–H and O–H groups in total. The highest BCUT2D eigenvalue weighted by atomic mass is 16.3. The lowest BCUT2D eigenvalue weighted by atomic mass is 10.4. The maximum Gasteiger partial charge on any atom is 0.317 e. The first kappa shape index (κ1) is 9.32. The van der Waals surface area contributed by atoms with Crippen molar-refractivity contribution in [2.75, 3.05) is 19.6 Å². The Bertz CT molecular complexity index is 153. The summed E-state index contributed by atoms with van der Waals surface area (Å²) in [5.41, 5.74) is 0. The first-order valence-electron chi connectivity index (χ1n) is 4.41. The van der Waals surface area contributed by atoms with Crippen LogP contribution >= 0.6 is 0 Å². The van der Waals surface area contributed by atoms with Crippen LogP contribution in [0.4, 0.5) is 4.79 Å². The van der Waals surface area contributed by atoms with E-state index in [1.54, 1.807) is 11.8 Å². The van der Waals surface area contributed by atoms with Crippen LogP contribution < -0.4 is 5.32 Å². The number of rotatable bonds is 2. The summed E-state index contributed by atoms with van der Waals surface area (Å²) >= 11 is 0. The zero-order valence-corrected chi connectivity index (χ0v) is 7.42. The molecule has 0 aromatic heterocycles. The summed E-state index contributed by atoms with van der Waals surface area (Å²) in [6.45, 7) is 3.71. The number of carbonyl (C=O) groups excluding carboxylic acids is 1. The molecule has 4 heteroatoms. The molecule has 0 bridgehead atoms. The van der Waals surface area contributed by atoms with Gasteiger partial charge in [0.1, 0.15) is 0 Å². The van der Waals surface area contributed by atoms with Gasteiger partial charge in [-0.15, -0.1) is 0 Å². The molecule has 70 valence electrons. The summed E-state index contributed by atoms with van der Waals surface area (Å²) in [7, 11) is 0. The first-order valence-corrected chi connectivity index (χ1v) is 4.41. The second kappa shape index (κ2) is 4.30. The van der Waals surface area contributed by atoms with Crippen molar-refractivity contribution in [1.29, 1.82) is 0 Å². The van der Waals surface area contributed by atoms with Gasteiger partial charge < -0.3 is 15.3 Å². The molecular weight excluding hydrogens is 156 g/mol. The van der Waals surface area contributed by atoms with E-state index in [2.05, 4.69) is 5.32 Å². The molecule has 12 heavy (non-hydrogen) atoms. The van der Waals surface area contributed by atoms with E-state index >= 15 is 0 Å². The summed E-state index contributed by atoms with van der Waals surface area (Å²) in [4.78, 5) is 13.0. The quantitative estimate of drug-likeness (QED) is 0.624. The molecule has 1 aliphatic heterocycles. The summed E-state index contributed by atoms with van der Waals surface area (Å²) in [5.74, 6) is 0. The smallest absolute Gasteiger partial charge is 0.317 e. The standard InChI is InChI=1S/C8H16N2O2/c1-7(11)6-9-8(12)10-4-2-3-5-10/h7,11H,2-6H2,1H3,(H,9,12)/t7-/m1/s1. The highest BCUT2D eigenvalue weighted by Crippen LogP contribution is 2.06. The first-order chi connectivity index (χ1) is 5.70. The molecule has 0 aromatic carbocycles. The number of aliphatic hydroxyl groups is 1. The normalized spacial score (nSPS) is 19.3. The molecule has 1 heterocycles. The number of aliphatic hydroxyl groups excluding tert-OH is 1. The molecule has 1 saturated heterocycles. The molecule has 0 unspecified atom stereocenters. The predicted octanol–water partition coefficient (Wildman–Crippen LogP) is 0.173. The van der Waals surface area contributed by atoms with Crippen molar-refractivity contribution in [2.45, 2.75) is 25.9 Å². The number of nitrogens with one attached hydrogen (secondary N) is 1. The van der Waals surface area contributed by atoms with Gasteiger partial charge in [-0.25, -0.2) is 4.79 Å². The lowest BCUT2D eigenvalue weighted by Gasteiger charge is -2.16. The van der Waals surface area contributed by atoms with E-state index in [0.29, 0.717) is 6.54 Å². The minimum atomic E-state index is -0.462. The Labute approximate surface area is 72.6 Å². The van der Waals surface area contributed by atoms with Crippen molar-refractivity contribution < 1.29 is 9.90 Å². The largest absolute Gasteiger partial charge is 0.392 e. The minimum Gasteiger partial charge on any atom is -0.392 e. The Balaban J connectivity index is 2.18. The lowest BCUT2D eigenvalue weighted by Crippen LogP contribution is -2.40. The predicted molar refractivity (Wildman–Crippen MR) is 45.9 cm³/mol. The highest BCUT2D eigenvalue weighted by Gasteiger charge is 2.17. The van der Waals surface area contributed by atoms with Gasteiger partial charge >= 0.3 is 6.03 Å². The summed E-state index contributed by atoms with van der Waals surface area (Å²) < 4.78 is 0. The fourth-order valence-electron chi connectivity index (χ4n) is 1.27. The van der Waals surface area contributed by atoms with E-state index in [1.165, 1.54) is 0 Å². The van der Waals surface area contributed by atoms with Crippen LogP contribution in [-0.2, 0) is 0 Å².